The molecule has 1 aliphatic heterocycles. The molecule has 37 heavy (non-hydrogen) atoms. The van der Waals surface area contributed by atoms with Crippen LogP contribution in [0.4, 0.5) is 0 Å². The molecule has 0 bridgehead atoms. The summed E-state index contributed by atoms with van der Waals surface area (Å²) in [5.41, 5.74) is 3.85. The molecule has 1 heterocycles. The van der Waals surface area contributed by atoms with Crippen LogP contribution in [-0.4, -0.2) is 37.8 Å². The largest absolute Gasteiger partial charge is 0.493 e. The smallest absolute Gasteiger partial charge is 0.315 e. The Morgan fingerprint density at radius 3 is 2.43 bits per heavy atom. The normalized spacial score (nSPS) is 23.9. The van der Waals surface area contributed by atoms with Crippen LogP contribution in [0, 0.1) is 5.92 Å². The predicted octanol–water partition coefficient (Wildman–Crippen LogP) is 6.42. The van der Waals surface area contributed by atoms with Crippen molar-refractivity contribution in [2.45, 2.75) is 63.4 Å². The fourth-order valence-corrected chi connectivity index (χ4v) is 6.21. The molecule has 0 saturated heterocycles. The van der Waals surface area contributed by atoms with Crippen LogP contribution in [0.25, 0.3) is 0 Å². The second kappa shape index (κ2) is 10.7. The Bertz CT molecular complexity index is 1280. The van der Waals surface area contributed by atoms with Gasteiger partial charge in [-0.15, -0.1) is 0 Å². The van der Waals surface area contributed by atoms with Gasteiger partial charge in [-0.1, -0.05) is 29.8 Å². The SMILES string of the molecule is COc1ccc([C@H]2CC(=O)C3=C(C2)N=C(C)C(C(=O)OC2CCCC2)[C@@H]3c2cccc(Cl)c2)cc1OC. The van der Waals surface area contributed by atoms with Gasteiger partial charge in [-0.05, 0) is 80.3 Å². The molecule has 1 unspecified atom stereocenters. The lowest BCUT2D eigenvalue weighted by molar-refractivity contribution is -0.151. The van der Waals surface area contributed by atoms with E-state index in [0.29, 0.717) is 40.6 Å². The molecular weight excluding hydrogens is 490 g/mol. The number of hydrogen-bond donors (Lipinski definition) is 0. The Morgan fingerprint density at radius 2 is 1.73 bits per heavy atom. The van der Waals surface area contributed by atoms with Crippen LogP contribution in [0.15, 0.2) is 58.7 Å². The zero-order valence-electron chi connectivity index (χ0n) is 21.5. The molecule has 2 aromatic rings. The first-order chi connectivity index (χ1) is 17.9. The van der Waals surface area contributed by atoms with Gasteiger partial charge in [0, 0.05) is 34.3 Å². The van der Waals surface area contributed by atoms with E-state index < -0.39 is 11.8 Å². The summed E-state index contributed by atoms with van der Waals surface area (Å²) < 4.78 is 16.8. The lowest BCUT2D eigenvalue weighted by Gasteiger charge is -2.37. The molecule has 6 nitrogen and oxygen atoms in total. The fourth-order valence-electron chi connectivity index (χ4n) is 6.01. The molecule has 194 valence electrons. The zero-order valence-corrected chi connectivity index (χ0v) is 22.2. The number of ketones is 1. The lowest BCUT2D eigenvalue weighted by Crippen LogP contribution is -2.39. The number of benzene rings is 2. The summed E-state index contributed by atoms with van der Waals surface area (Å²) in [6.07, 6.45) is 4.76. The molecule has 0 amide bonds. The van der Waals surface area contributed by atoms with E-state index in [9.17, 15) is 9.59 Å². The van der Waals surface area contributed by atoms with Crippen LogP contribution >= 0.6 is 11.6 Å². The van der Waals surface area contributed by atoms with E-state index in [1.54, 1.807) is 20.3 Å². The number of methoxy groups -OCH3 is 2. The van der Waals surface area contributed by atoms with Gasteiger partial charge in [0.15, 0.2) is 17.3 Å². The average Bonchev–Trinajstić information content (AvgIpc) is 3.40. The number of carbonyl (C=O) groups excluding carboxylic acids is 2. The molecule has 0 aromatic heterocycles. The number of carbonyl (C=O) groups is 2. The maximum Gasteiger partial charge on any atom is 0.315 e. The Labute approximate surface area is 222 Å². The van der Waals surface area contributed by atoms with E-state index in [0.717, 1.165) is 42.5 Å². The number of allylic oxidation sites excluding steroid dienone is 2. The fraction of sp³-hybridized carbons (Fsp3) is 0.433. The summed E-state index contributed by atoms with van der Waals surface area (Å²) in [7, 11) is 3.20. The first-order valence-electron chi connectivity index (χ1n) is 12.9. The van der Waals surface area contributed by atoms with E-state index in [4.69, 9.17) is 30.8 Å². The molecule has 3 atom stereocenters. The highest BCUT2D eigenvalue weighted by molar-refractivity contribution is 6.30. The van der Waals surface area contributed by atoms with E-state index in [2.05, 4.69) is 0 Å². The third-order valence-electron chi connectivity index (χ3n) is 7.81. The number of hydrogen-bond acceptors (Lipinski definition) is 6. The summed E-state index contributed by atoms with van der Waals surface area (Å²) in [5.74, 6) is -0.213. The minimum Gasteiger partial charge on any atom is -0.493 e. The first-order valence-corrected chi connectivity index (χ1v) is 13.3. The highest BCUT2D eigenvalue weighted by atomic mass is 35.5. The maximum atomic E-state index is 13.8. The van der Waals surface area contributed by atoms with Gasteiger partial charge >= 0.3 is 5.97 Å². The van der Waals surface area contributed by atoms with Crippen molar-refractivity contribution in [1.82, 2.24) is 0 Å². The zero-order chi connectivity index (χ0) is 26.1. The predicted molar refractivity (Wildman–Crippen MR) is 143 cm³/mol. The number of aliphatic imine (C=N–C) groups is 1. The van der Waals surface area contributed by atoms with Crippen molar-refractivity contribution in [2.75, 3.05) is 14.2 Å². The summed E-state index contributed by atoms with van der Waals surface area (Å²) in [4.78, 5) is 32.2. The topological polar surface area (TPSA) is 74.2 Å². The van der Waals surface area contributed by atoms with E-state index >= 15 is 0 Å². The Hall–Kier alpha value is -3.12. The first kappa shape index (κ1) is 25.5. The minimum absolute atomic E-state index is 0.000858. The van der Waals surface area contributed by atoms with Gasteiger partial charge in [-0.3, -0.25) is 14.6 Å². The van der Waals surface area contributed by atoms with Crippen LogP contribution in [0.5, 0.6) is 11.5 Å². The molecule has 0 radical (unpaired) electrons. The van der Waals surface area contributed by atoms with E-state index in [1.165, 1.54) is 0 Å². The molecule has 1 saturated carbocycles. The van der Waals surface area contributed by atoms with Gasteiger partial charge in [0.2, 0.25) is 0 Å². The van der Waals surface area contributed by atoms with Crippen LogP contribution in [0.1, 0.15) is 68.4 Å². The number of Topliss-reactive ketones (excluding diaryl/α,β-unsaturated/α-hetero) is 1. The van der Waals surface area contributed by atoms with E-state index in [1.807, 2.05) is 43.3 Å². The molecule has 5 rings (SSSR count). The standard InChI is InChI=1S/C30H32ClNO5/c1-17-27(30(34)37-22-9-4-5-10-22)28(19-7-6-8-21(31)13-19)29-23(32-17)14-20(15-24(29)33)18-11-12-25(35-2)26(16-18)36-3/h6-8,11-13,16,20,22,27-28H,4-5,9-10,14-15H2,1-3H3/t20-,27?,28+/m1/s1. The van der Waals surface area contributed by atoms with Gasteiger partial charge in [-0.25, -0.2) is 0 Å². The summed E-state index contributed by atoms with van der Waals surface area (Å²) >= 11 is 6.36. The second-order valence-corrected chi connectivity index (χ2v) is 10.5. The number of nitrogens with zero attached hydrogens (tertiary/aromatic N) is 1. The van der Waals surface area contributed by atoms with Gasteiger partial charge < -0.3 is 14.2 Å². The molecule has 2 aliphatic carbocycles. The van der Waals surface area contributed by atoms with Crippen LogP contribution in [-0.2, 0) is 14.3 Å². The summed E-state index contributed by atoms with van der Waals surface area (Å²) in [5, 5.41) is 0.564. The summed E-state index contributed by atoms with van der Waals surface area (Å²) in [6.45, 7) is 1.87. The lowest BCUT2D eigenvalue weighted by atomic mass is 9.69. The van der Waals surface area contributed by atoms with Crippen molar-refractivity contribution >= 4 is 29.1 Å². The van der Waals surface area contributed by atoms with Crippen molar-refractivity contribution in [3.8, 4) is 11.5 Å². The third kappa shape index (κ3) is 5.04. The van der Waals surface area contributed by atoms with Crippen molar-refractivity contribution < 1.29 is 23.8 Å². The van der Waals surface area contributed by atoms with Gasteiger partial charge in [0.1, 0.15) is 12.0 Å². The second-order valence-electron chi connectivity index (χ2n) is 10.1. The average molecular weight is 522 g/mol. The number of esters is 1. The molecule has 7 heteroatoms. The van der Waals surface area contributed by atoms with Crippen LogP contribution in [0.2, 0.25) is 5.02 Å². The molecule has 2 aromatic carbocycles. The minimum atomic E-state index is -0.653. The quantitative estimate of drug-likeness (QED) is 0.410. The monoisotopic (exact) mass is 521 g/mol. The molecule has 1 fully saturated rings. The van der Waals surface area contributed by atoms with Crippen molar-refractivity contribution in [3.05, 3.63) is 69.9 Å². The highest BCUT2D eigenvalue weighted by Crippen LogP contribution is 2.48. The van der Waals surface area contributed by atoms with Crippen LogP contribution in [0.3, 0.4) is 0 Å². The molecule has 0 spiro atoms. The van der Waals surface area contributed by atoms with Crippen molar-refractivity contribution in [2.24, 2.45) is 10.9 Å². The highest BCUT2D eigenvalue weighted by Gasteiger charge is 2.45. The number of halogens is 1. The molecular formula is C30H32ClNO5. The van der Waals surface area contributed by atoms with Gasteiger partial charge in [-0.2, -0.15) is 0 Å². The number of rotatable bonds is 6. The third-order valence-corrected chi connectivity index (χ3v) is 8.05. The van der Waals surface area contributed by atoms with E-state index in [-0.39, 0.29) is 23.8 Å². The Morgan fingerprint density at radius 1 is 0.973 bits per heavy atom. The number of ether oxygens (including phenoxy) is 3. The Kier molecular flexibility index (Phi) is 7.38. The summed E-state index contributed by atoms with van der Waals surface area (Å²) in [6, 6.07) is 13.2. The van der Waals surface area contributed by atoms with Crippen molar-refractivity contribution in [3.63, 3.8) is 0 Å². The molecule has 3 aliphatic rings. The van der Waals surface area contributed by atoms with Crippen molar-refractivity contribution in [1.29, 1.82) is 0 Å². The van der Waals surface area contributed by atoms with Crippen LogP contribution < -0.4 is 9.47 Å². The van der Waals surface area contributed by atoms with Gasteiger partial charge in [0.25, 0.3) is 0 Å². The Balaban J connectivity index is 1.53. The molecule has 0 N–H and O–H groups in total. The van der Waals surface area contributed by atoms with Gasteiger partial charge in [0.05, 0.1) is 14.2 Å². The maximum absolute atomic E-state index is 13.8.